The maximum absolute atomic E-state index is 11.4. The number of sulfone groups is 1. The average molecular weight is 266 g/mol. The molecule has 3 N–H and O–H groups in total. The topological polar surface area (TPSA) is 122 Å². The minimum absolute atomic E-state index is 0.00456. The first-order valence-corrected chi connectivity index (χ1v) is 6.72. The second-order valence-electron chi connectivity index (χ2n) is 3.63. The van der Waals surface area contributed by atoms with Crippen LogP contribution in [0.5, 0.6) is 0 Å². The molecule has 0 aromatic heterocycles. The van der Waals surface area contributed by atoms with E-state index in [0.717, 1.165) is 0 Å². The van der Waals surface area contributed by atoms with Crippen molar-refractivity contribution >= 4 is 21.8 Å². The molecule has 2 amide bonds. The van der Waals surface area contributed by atoms with Gasteiger partial charge in [0.2, 0.25) is 0 Å². The van der Waals surface area contributed by atoms with Crippen LogP contribution in [0.15, 0.2) is 0 Å². The zero-order valence-electron chi connectivity index (χ0n) is 9.01. The Balaban J connectivity index is 2.22. The zero-order valence-corrected chi connectivity index (χ0v) is 9.83. The third kappa shape index (κ3) is 4.57. The van der Waals surface area contributed by atoms with Gasteiger partial charge in [0.1, 0.15) is 0 Å². The third-order valence-corrected chi connectivity index (χ3v) is 4.59. The Hall–Kier alpha value is -1.35. The number of hydrogen-bond acceptors (Lipinski definition) is 5. The van der Waals surface area contributed by atoms with Crippen LogP contribution < -0.4 is 10.8 Å². The lowest BCUT2D eigenvalue weighted by Gasteiger charge is -2.11. The summed E-state index contributed by atoms with van der Waals surface area (Å²) in [7, 11) is -3.09. The van der Waals surface area contributed by atoms with Gasteiger partial charge in [-0.1, -0.05) is 0 Å². The molecule has 0 aromatic carbocycles. The van der Waals surface area contributed by atoms with Crippen molar-refractivity contribution in [1.29, 1.82) is 0 Å². The fourth-order valence-corrected chi connectivity index (χ4v) is 3.26. The van der Waals surface area contributed by atoms with E-state index < -0.39 is 33.7 Å². The Kier molecular flexibility index (Phi) is 4.70. The van der Waals surface area contributed by atoms with E-state index in [1.165, 1.54) is 0 Å². The van der Waals surface area contributed by atoms with E-state index in [1.54, 1.807) is 0 Å². The van der Waals surface area contributed by atoms with E-state index in [-0.39, 0.29) is 12.3 Å². The quantitative estimate of drug-likeness (QED) is 0.542. The smallest absolute Gasteiger partial charge is 0.338 e. The summed E-state index contributed by atoms with van der Waals surface area (Å²) in [4.78, 5) is 25.4. The molecule has 1 unspecified atom stereocenters. The summed E-state index contributed by atoms with van der Waals surface area (Å²) in [6, 6.07) is -0.756. The highest BCUT2D eigenvalue weighted by atomic mass is 32.2. The summed E-state index contributed by atoms with van der Waals surface area (Å²) in [5, 5.41) is 9.97. The molecule has 0 aliphatic carbocycles. The van der Waals surface area contributed by atoms with Crippen LogP contribution >= 0.6 is 0 Å². The molecule has 1 rings (SSSR count). The normalized spacial score (nSPS) is 22.0. The van der Waals surface area contributed by atoms with E-state index in [4.69, 9.17) is 5.11 Å². The highest BCUT2D eigenvalue weighted by molar-refractivity contribution is 7.92. The molecular weight excluding hydrogens is 252 g/mol. The Labute approximate surface area is 98.2 Å². The molecule has 98 valence electrons. The number of nitrogens with one attached hydrogen (secondary N) is 2. The SMILES string of the molecule is O=C(O)CONC(=O)NCC1CCCS1(=O)=O. The lowest BCUT2D eigenvalue weighted by molar-refractivity contribution is -0.144. The van der Waals surface area contributed by atoms with Crippen molar-refractivity contribution in [2.45, 2.75) is 18.1 Å². The van der Waals surface area contributed by atoms with Crippen molar-refractivity contribution in [3.8, 4) is 0 Å². The summed E-state index contributed by atoms with van der Waals surface area (Å²) >= 11 is 0. The van der Waals surface area contributed by atoms with Crippen LogP contribution in [-0.2, 0) is 19.5 Å². The van der Waals surface area contributed by atoms with E-state index in [9.17, 15) is 18.0 Å². The van der Waals surface area contributed by atoms with Gasteiger partial charge in [-0.2, -0.15) is 0 Å². The molecule has 1 fully saturated rings. The Morgan fingerprint density at radius 1 is 1.41 bits per heavy atom. The molecule has 0 spiro atoms. The van der Waals surface area contributed by atoms with Gasteiger partial charge in [0.15, 0.2) is 16.4 Å². The van der Waals surface area contributed by atoms with Crippen LogP contribution in [0.1, 0.15) is 12.8 Å². The number of carbonyl (C=O) groups is 2. The van der Waals surface area contributed by atoms with Crippen molar-refractivity contribution in [3.05, 3.63) is 0 Å². The summed E-state index contributed by atoms with van der Waals surface area (Å²) in [6.07, 6.45) is 1.13. The largest absolute Gasteiger partial charge is 0.479 e. The van der Waals surface area contributed by atoms with E-state index in [0.29, 0.717) is 12.8 Å². The van der Waals surface area contributed by atoms with Crippen LogP contribution in [0, 0.1) is 0 Å². The van der Waals surface area contributed by atoms with E-state index in [2.05, 4.69) is 10.2 Å². The second-order valence-corrected chi connectivity index (χ2v) is 6.03. The first kappa shape index (κ1) is 13.7. The molecule has 1 heterocycles. The standard InChI is InChI=1S/C8H14N2O6S/c11-7(12)5-16-10-8(13)9-4-6-2-1-3-17(6,14)15/h6H,1-5H2,(H,11,12)(H2,9,10,13). The molecule has 1 aliphatic rings. The van der Waals surface area contributed by atoms with Crippen molar-refractivity contribution in [2.75, 3.05) is 18.9 Å². The van der Waals surface area contributed by atoms with Gasteiger partial charge in [-0.3, -0.25) is 4.84 Å². The Bertz CT molecular complexity index is 393. The van der Waals surface area contributed by atoms with Gasteiger partial charge in [0.05, 0.1) is 11.0 Å². The third-order valence-electron chi connectivity index (χ3n) is 2.31. The predicted octanol–water partition coefficient (Wildman–Crippen LogP) is -1.12. The second kappa shape index (κ2) is 5.82. The number of amides is 2. The molecule has 1 aliphatic heterocycles. The minimum atomic E-state index is -3.09. The first-order valence-electron chi connectivity index (χ1n) is 5.01. The molecule has 8 nitrogen and oxygen atoms in total. The summed E-state index contributed by atoms with van der Waals surface area (Å²) in [6.45, 7) is -0.653. The van der Waals surface area contributed by atoms with Crippen LogP contribution in [-0.4, -0.2) is 49.7 Å². The number of carboxylic acids is 1. The minimum Gasteiger partial charge on any atom is -0.479 e. The first-order chi connectivity index (χ1) is 7.92. The van der Waals surface area contributed by atoms with Gasteiger partial charge in [-0.15, -0.1) is 0 Å². The fourth-order valence-electron chi connectivity index (χ4n) is 1.49. The molecule has 0 aromatic rings. The van der Waals surface area contributed by atoms with Gasteiger partial charge in [0.25, 0.3) is 0 Å². The molecule has 17 heavy (non-hydrogen) atoms. The fraction of sp³-hybridized carbons (Fsp3) is 0.750. The van der Waals surface area contributed by atoms with Crippen LogP contribution in [0.3, 0.4) is 0 Å². The van der Waals surface area contributed by atoms with Crippen LogP contribution in [0.2, 0.25) is 0 Å². The Morgan fingerprint density at radius 3 is 2.65 bits per heavy atom. The molecule has 1 atom stereocenters. The molecule has 0 radical (unpaired) electrons. The maximum atomic E-state index is 11.4. The molecule has 0 bridgehead atoms. The number of hydrogen-bond donors (Lipinski definition) is 3. The molecular formula is C8H14N2O6S. The number of urea groups is 1. The number of carboxylic acid groups (broad SMARTS) is 1. The maximum Gasteiger partial charge on any atom is 0.338 e. The van der Waals surface area contributed by atoms with Crippen molar-refractivity contribution in [1.82, 2.24) is 10.8 Å². The number of aliphatic carboxylic acids is 1. The van der Waals surface area contributed by atoms with Gasteiger partial charge in [-0.25, -0.2) is 23.5 Å². The summed E-state index contributed by atoms with van der Waals surface area (Å²) < 4.78 is 22.8. The van der Waals surface area contributed by atoms with E-state index in [1.807, 2.05) is 5.48 Å². The predicted molar refractivity (Wildman–Crippen MR) is 56.9 cm³/mol. The average Bonchev–Trinajstić information content (AvgIpc) is 2.54. The Morgan fingerprint density at radius 2 is 2.12 bits per heavy atom. The lowest BCUT2D eigenvalue weighted by atomic mass is 10.2. The number of carbonyl (C=O) groups excluding carboxylic acids is 1. The number of hydroxylamine groups is 1. The van der Waals surface area contributed by atoms with Gasteiger partial charge >= 0.3 is 12.0 Å². The molecule has 0 saturated carbocycles. The highest BCUT2D eigenvalue weighted by Gasteiger charge is 2.31. The lowest BCUT2D eigenvalue weighted by Crippen LogP contribution is -2.41. The van der Waals surface area contributed by atoms with Gasteiger partial charge in [-0.05, 0) is 12.8 Å². The molecule has 9 heteroatoms. The van der Waals surface area contributed by atoms with Crippen molar-refractivity contribution in [3.63, 3.8) is 0 Å². The number of rotatable bonds is 5. The highest BCUT2D eigenvalue weighted by Crippen LogP contribution is 2.18. The van der Waals surface area contributed by atoms with Gasteiger partial charge < -0.3 is 10.4 Å². The monoisotopic (exact) mass is 266 g/mol. The van der Waals surface area contributed by atoms with Crippen molar-refractivity contribution < 1.29 is 28.0 Å². The zero-order chi connectivity index (χ0) is 12.9. The summed E-state index contributed by atoms with van der Waals surface area (Å²) in [5.74, 6) is -1.07. The molecule has 1 saturated heterocycles. The van der Waals surface area contributed by atoms with Crippen molar-refractivity contribution in [2.24, 2.45) is 0 Å². The summed E-state index contributed by atoms with van der Waals surface area (Å²) in [5.41, 5.74) is 1.84. The van der Waals surface area contributed by atoms with Gasteiger partial charge in [0, 0.05) is 6.54 Å². The van der Waals surface area contributed by atoms with E-state index >= 15 is 0 Å². The van der Waals surface area contributed by atoms with Crippen LogP contribution in [0.25, 0.3) is 0 Å². The van der Waals surface area contributed by atoms with Crippen LogP contribution in [0.4, 0.5) is 4.79 Å².